The lowest BCUT2D eigenvalue weighted by molar-refractivity contribution is 0.0869. The van der Waals surface area contributed by atoms with E-state index >= 15 is 0 Å². The fourth-order valence-corrected chi connectivity index (χ4v) is 0.625. The smallest absolute Gasteiger partial charge is 0.241 e. The van der Waals surface area contributed by atoms with Gasteiger partial charge in [0, 0.05) is 0 Å². The fourth-order valence-electron chi connectivity index (χ4n) is 0.625. The first kappa shape index (κ1) is 7.76. The molecule has 0 radical (unpaired) electrons. The number of hydrogen-bond acceptors (Lipinski definition) is 4. The van der Waals surface area contributed by atoms with Gasteiger partial charge in [-0.05, 0) is 13.8 Å². The molecular weight excluding hydrogens is 144 g/mol. The van der Waals surface area contributed by atoms with Gasteiger partial charge in [0.1, 0.15) is 12.3 Å². The van der Waals surface area contributed by atoms with E-state index in [4.69, 9.17) is 9.68 Å². The summed E-state index contributed by atoms with van der Waals surface area (Å²) >= 11 is 0. The van der Waals surface area contributed by atoms with E-state index in [1.807, 2.05) is 0 Å². The van der Waals surface area contributed by atoms with E-state index in [-0.39, 0.29) is 5.89 Å². The van der Waals surface area contributed by atoms with Crippen molar-refractivity contribution in [1.29, 1.82) is 5.26 Å². The zero-order chi connectivity index (χ0) is 8.48. The Balaban J connectivity index is 3.04. The highest BCUT2D eigenvalue weighted by atomic mass is 16.4. The predicted octanol–water partition coefficient (Wildman–Crippen LogP) is 0.714. The maximum Gasteiger partial charge on any atom is 0.241 e. The monoisotopic (exact) mass is 152 g/mol. The van der Waals surface area contributed by atoms with Crippen LogP contribution in [0, 0.1) is 18.3 Å². The van der Waals surface area contributed by atoms with Crippen molar-refractivity contribution in [2.75, 3.05) is 0 Å². The first-order valence-corrected chi connectivity index (χ1v) is 3.12. The molecule has 58 valence electrons. The van der Waals surface area contributed by atoms with Gasteiger partial charge in [-0.25, -0.2) is 4.98 Å². The molecule has 0 bridgehead atoms. The molecule has 1 heterocycles. The van der Waals surface area contributed by atoms with E-state index in [0.717, 1.165) is 0 Å². The number of hydrogen-bond donors (Lipinski definition) is 1. The van der Waals surface area contributed by atoms with Gasteiger partial charge in [-0.1, -0.05) is 0 Å². The Labute approximate surface area is 64.1 Å². The molecule has 1 aromatic rings. The summed E-state index contributed by atoms with van der Waals surface area (Å²) in [4.78, 5) is 3.81. The van der Waals surface area contributed by atoms with Crippen LogP contribution in [0.1, 0.15) is 18.5 Å². The molecule has 0 saturated heterocycles. The van der Waals surface area contributed by atoms with Gasteiger partial charge in [0.15, 0.2) is 0 Å². The maximum absolute atomic E-state index is 9.29. The second-order valence-corrected chi connectivity index (χ2v) is 2.48. The second-order valence-electron chi connectivity index (χ2n) is 2.48. The van der Waals surface area contributed by atoms with Crippen LogP contribution in [-0.2, 0) is 5.60 Å². The number of nitrogens with zero attached hydrogens (tertiary/aromatic N) is 2. The number of oxazole rings is 1. The van der Waals surface area contributed by atoms with Crippen molar-refractivity contribution >= 4 is 0 Å². The molecule has 4 nitrogen and oxygen atoms in total. The van der Waals surface area contributed by atoms with Crippen LogP contribution >= 0.6 is 0 Å². The van der Waals surface area contributed by atoms with Crippen molar-refractivity contribution in [2.45, 2.75) is 19.4 Å². The molecule has 1 N–H and O–H groups in total. The quantitative estimate of drug-likeness (QED) is 0.602. The van der Waals surface area contributed by atoms with Crippen LogP contribution in [0.3, 0.4) is 0 Å². The number of aromatic nitrogens is 1. The Hall–Kier alpha value is -1.34. The molecule has 1 unspecified atom stereocenters. The molecule has 1 atom stereocenters. The molecule has 0 aliphatic rings. The Morgan fingerprint density at radius 1 is 1.82 bits per heavy atom. The van der Waals surface area contributed by atoms with Crippen LogP contribution in [0.25, 0.3) is 0 Å². The normalized spacial score (nSPS) is 15.5. The van der Waals surface area contributed by atoms with Crippen LogP contribution in [0.2, 0.25) is 0 Å². The third-order valence-corrected chi connectivity index (χ3v) is 1.25. The van der Waals surface area contributed by atoms with Crippen molar-refractivity contribution in [3.05, 3.63) is 17.8 Å². The summed E-state index contributed by atoms with van der Waals surface area (Å²) in [5, 5.41) is 17.7. The van der Waals surface area contributed by atoms with Gasteiger partial charge in [-0.15, -0.1) is 0 Å². The maximum atomic E-state index is 9.29. The van der Waals surface area contributed by atoms with Crippen molar-refractivity contribution in [3.63, 3.8) is 0 Å². The summed E-state index contributed by atoms with van der Waals surface area (Å²) in [6, 6.07) is 1.67. The highest BCUT2D eigenvalue weighted by Crippen LogP contribution is 2.17. The Bertz CT molecular complexity index is 296. The van der Waals surface area contributed by atoms with E-state index in [0.29, 0.717) is 5.69 Å². The molecule has 0 spiro atoms. The van der Waals surface area contributed by atoms with Gasteiger partial charge < -0.3 is 9.52 Å². The van der Waals surface area contributed by atoms with Gasteiger partial charge in [-0.3, -0.25) is 0 Å². The largest absolute Gasteiger partial charge is 0.445 e. The van der Waals surface area contributed by atoms with Crippen molar-refractivity contribution in [2.24, 2.45) is 0 Å². The minimum atomic E-state index is -1.62. The fraction of sp³-hybridized carbons (Fsp3) is 0.429. The van der Waals surface area contributed by atoms with E-state index in [9.17, 15) is 5.11 Å². The minimum Gasteiger partial charge on any atom is -0.445 e. The summed E-state index contributed by atoms with van der Waals surface area (Å²) in [5.74, 6) is 0.0394. The molecule has 0 aliphatic carbocycles. The van der Waals surface area contributed by atoms with E-state index < -0.39 is 5.60 Å². The number of aliphatic hydroxyl groups is 1. The average molecular weight is 152 g/mol. The summed E-state index contributed by atoms with van der Waals surface area (Å²) in [7, 11) is 0. The van der Waals surface area contributed by atoms with E-state index in [1.165, 1.54) is 13.2 Å². The first-order valence-electron chi connectivity index (χ1n) is 3.12. The first-order chi connectivity index (χ1) is 5.06. The number of aryl methyl sites for hydroxylation is 1. The molecule has 0 aromatic carbocycles. The summed E-state index contributed by atoms with van der Waals surface area (Å²) in [6.07, 6.45) is 1.39. The molecular formula is C7H8N2O2. The van der Waals surface area contributed by atoms with Crippen LogP contribution in [0.4, 0.5) is 0 Å². The highest BCUT2D eigenvalue weighted by Gasteiger charge is 2.27. The minimum absolute atomic E-state index is 0.0394. The van der Waals surface area contributed by atoms with Crippen molar-refractivity contribution in [3.8, 4) is 6.07 Å². The van der Waals surface area contributed by atoms with Gasteiger partial charge in [0.2, 0.25) is 11.5 Å². The van der Waals surface area contributed by atoms with Crippen LogP contribution in [-0.4, -0.2) is 10.1 Å². The Kier molecular flexibility index (Phi) is 1.67. The molecule has 0 aliphatic heterocycles. The average Bonchev–Trinajstić information content (AvgIpc) is 2.36. The zero-order valence-electron chi connectivity index (χ0n) is 6.33. The molecule has 1 aromatic heterocycles. The topological polar surface area (TPSA) is 70.1 Å². The Morgan fingerprint density at radius 2 is 2.45 bits per heavy atom. The lowest BCUT2D eigenvalue weighted by atomic mass is 10.1. The summed E-state index contributed by atoms with van der Waals surface area (Å²) < 4.78 is 4.84. The number of rotatable bonds is 1. The third kappa shape index (κ3) is 1.38. The van der Waals surface area contributed by atoms with Gasteiger partial charge in [-0.2, -0.15) is 5.26 Å². The van der Waals surface area contributed by atoms with Crippen LogP contribution in [0.5, 0.6) is 0 Å². The van der Waals surface area contributed by atoms with E-state index in [2.05, 4.69) is 4.98 Å². The molecule has 0 amide bonds. The lowest BCUT2D eigenvalue weighted by Crippen LogP contribution is -2.18. The third-order valence-electron chi connectivity index (χ3n) is 1.25. The summed E-state index contributed by atoms with van der Waals surface area (Å²) in [5.41, 5.74) is -0.968. The number of nitriles is 1. The Morgan fingerprint density at radius 3 is 2.82 bits per heavy atom. The predicted molar refractivity (Wildman–Crippen MR) is 36.4 cm³/mol. The molecule has 11 heavy (non-hydrogen) atoms. The van der Waals surface area contributed by atoms with Crippen LogP contribution in [0.15, 0.2) is 10.7 Å². The molecule has 0 saturated carbocycles. The van der Waals surface area contributed by atoms with E-state index in [1.54, 1.807) is 13.0 Å². The van der Waals surface area contributed by atoms with Crippen molar-refractivity contribution < 1.29 is 9.52 Å². The van der Waals surface area contributed by atoms with Gasteiger partial charge in [0.25, 0.3) is 0 Å². The van der Waals surface area contributed by atoms with Crippen molar-refractivity contribution in [1.82, 2.24) is 4.98 Å². The summed E-state index contributed by atoms with van der Waals surface area (Å²) in [6.45, 7) is 3.05. The molecule has 0 fully saturated rings. The zero-order valence-corrected chi connectivity index (χ0v) is 6.33. The lowest BCUT2D eigenvalue weighted by Gasteiger charge is -2.06. The van der Waals surface area contributed by atoms with Gasteiger partial charge in [0.05, 0.1) is 5.69 Å². The highest BCUT2D eigenvalue weighted by molar-refractivity contribution is 5.10. The second kappa shape index (κ2) is 2.36. The SMILES string of the molecule is Cc1coc(C(C)(O)C#N)n1. The molecule has 1 rings (SSSR count). The standard InChI is InChI=1S/C7H8N2O2/c1-5-3-11-6(9-5)7(2,10)4-8/h3,10H,1-2H3. The van der Waals surface area contributed by atoms with Gasteiger partial charge >= 0.3 is 0 Å². The molecule has 4 heteroatoms. The van der Waals surface area contributed by atoms with Crippen LogP contribution < -0.4 is 0 Å².